The molecule has 2 aromatic carbocycles. The fourth-order valence-electron chi connectivity index (χ4n) is 5.16. The first kappa shape index (κ1) is 27.3. The number of halogens is 4. The SMILES string of the molecule is CC1CCC(N2CCC(Cc3ccc(OCCNC(=O)c4ccc(C(F)(F)F)cc4)cc3Cl)C2=O)CC1. The average Bonchev–Trinajstić information content (AvgIpc) is 3.23. The Balaban J connectivity index is 1.22. The van der Waals surface area contributed by atoms with E-state index in [0.29, 0.717) is 23.2 Å². The molecule has 37 heavy (non-hydrogen) atoms. The van der Waals surface area contributed by atoms with Crippen LogP contribution in [0.4, 0.5) is 13.2 Å². The Labute approximate surface area is 220 Å². The van der Waals surface area contributed by atoms with Crippen LogP contribution in [0, 0.1) is 11.8 Å². The van der Waals surface area contributed by atoms with E-state index in [9.17, 15) is 22.8 Å². The van der Waals surface area contributed by atoms with E-state index in [0.717, 1.165) is 61.6 Å². The summed E-state index contributed by atoms with van der Waals surface area (Å²) < 4.78 is 43.6. The largest absolute Gasteiger partial charge is 0.492 e. The predicted molar refractivity (Wildman–Crippen MR) is 136 cm³/mol. The lowest BCUT2D eigenvalue weighted by atomic mass is 9.86. The van der Waals surface area contributed by atoms with E-state index >= 15 is 0 Å². The number of hydrogen-bond acceptors (Lipinski definition) is 3. The Bertz CT molecular complexity index is 1100. The van der Waals surface area contributed by atoms with Crippen LogP contribution in [0.5, 0.6) is 5.75 Å². The second-order valence-electron chi connectivity index (χ2n) is 10.1. The number of carbonyl (C=O) groups is 2. The molecule has 0 radical (unpaired) electrons. The van der Waals surface area contributed by atoms with E-state index in [1.807, 2.05) is 6.07 Å². The van der Waals surface area contributed by atoms with E-state index < -0.39 is 17.6 Å². The van der Waals surface area contributed by atoms with Crippen LogP contribution in [0.1, 0.15) is 60.5 Å². The van der Waals surface area contributed by atoms with Crippen molar-refractivity contribution in [2.24, 2.45) is 11.8 Å². The number of ether oxygens (including phenoxy) is 1. The molecule has 9 heteroatoms. The molecule has 2 aliphatic rings. The molecular formula is C28H32ClF3N2O3. The van der Waals surface area contributed by atoms with Gasteiger partial charge in [-0.15, -0.1) is 0 Å². The van der Waals surface area contributed by atoms with Crippen LogP contribution >= 0.6 is 11.6 Å². The summed E-state index contributed by atoms with van der Waals surface area (Å²) in [7, 11) is 0. The number of amides is 2. The molecule has 1 aliphatic heterocycles. The third-order valence-corrected chi connectivity index (χ3v) is 7.75. The van der Waals surface area contributed by atoms with Gasteiger partial charge in [0.05, 0.1) is 12.1 Å². The molecular weight excluding hydrogens is 505 g/mol. The van der Waals surface area contributed by atoms with Crippen LogP contribution in [0.3, 0.4) is 0 Å². The van der Waals surface area contributed by atoms with E-state index in [2.05, 4.69) is 17.1 Å². The molecule has 5 nitrogen and oxygen atoms in total. The van der Waals surface area contributed by atoms with Crippen LogP contribution in [-0.2, 0) is 17.4 Å². The van der Waals surface area contributed by atoms with Gasteiger partial charge in [-0.2, -0.15) is 13.2 Å². The molecule has 1 heterocycles. The van der Waals surface area contributed by atoms with Gasteiger partial charge in [0, 0.05) is 29.1 Å². The molecule has 1 aliphatic carbocycles. The molecule has 4 rings (SSSR count). The van der Waals surface area contributed by atoms with Crippen molar-refractivity contribution in [1.82, 2.24) is 10.2 Å². The summed E-state index contributed by atoms with van der Waals surface area (Å²) in [5.41, 5.74) is 0.238. The first-order chi connectivity index (χ1) is 17.6. The Hall–Kier alpha value is -2.74. The number of hydrogen-bond donors (Lipinski definition) is 1. The lowest BCUT2D eigenvalue weighted by molar-refractivity contribution is -0.137. The van der Waals surface area contributed by atoms with Crippen LogP contribution in [-0.4, -0.2) is 42.5 Å². The Kier molecular flexibility index (Phi) is 8.67. The summed E-state index contributed by atoms with van der Waals surface area (Å²) in [5.74, 6) is 0.986. The average molecular weight is 537 g/mol. The van der Waals surface area contributed by atoms with Gasteiger partial charge in [0.2, 0.25) is 5.91 Å². The standard InChI is InChI=1S/C28H32ClF3N2O3/c1-18-2-9-23(10-3-18)34-14-12-21(27(34)36)16-20-6-11-24(17-25(20)29)37-15-13-33-26(35)19-4-7-22(8-5-19)28(30,31)32/h4-8,11,17-18,21,23H,2-3,9-10,12-16H2,1H3,(H,33,35). The normalized spacial score (nSPS) is 22.2. The highest BCUT2D eigenvalue weighted by molar-refractivity contribution is 6.31. The predicted octanol–water partition coefficient (Wildman–Crippen LogP) is 6.14. The van der Waals surface area contributed by atoms with Gasteiger partial charge in [0.1, 0.15) is 12.4 Å². The van der Waals surface area contributed by atoms with Crippen molar-refractivity contribution >= 4 is 23.4 Å². The fraction of sp³-hybridized carbons (Fsp3) is 0.500. The molecule has 200 valence electrons. The van der Waals surface area contributed by atoms with Gasteiger partial charge in [0.15, 0.2) is 0 Å². The molecule has 0 spiro atoms. The lowest BCUT2D eigenvalue weighted by Gasteiger charge is -2.33. The summed E-state index contributed by atoms with van der Waals surface area (Å²) in [5, 5.41) is 3.15. The summed E-state index contributed by atoms with van der Waals surface area (Å²) in [6.45, 7) is 3.43. The third kappa shape index (κ3) is 6.98. The smallest absolute Gasteiger partial charge is 0.416 e. The van der Waals surface area contributed by atoms with Gasteiger partial charge in [0.25, 0.3) is 5.91 Å². The number of alkyl halides is 3. The molecule has 0 bridgehead atoms. The van der Waals surface area contributed by atoms with Gasteiger partial charge in [-0.05, 0) is 86.4 Å². The minimum atomic E-state index is -4.44. The van der Waals surface area contributed by atoms with Crippen molar-refractivity contribution < 1.29 is 27.5 Å². The maximum absolute atomic E-state index is 13.0. The quantitative estimate of drug-likeness (QED) is 0.412. The Morgan fingerprint density at radius 1 is 1.08 bits per heavy atom. The zero-order chi connectivity index (χ0) is 26.6. The molecule has 1 unspecified atom stereocenters. The van der Waals surface area contributed by atoms with Gasteiger partial charge in [-0.25, -0.2) is 0 Å². The van der Waals surface area contributed by atoms with Crippen molar-refractivity contribution in [3.63, 3.8) is 0 Å². The second-order valence-corrected chi connectivity index (χ2v) is 10.5. The number of likely N-dealkylation sites (tertiary alicyclic amines) is 1. The number of nitrogens with zero attached hydrogens (tertiary/aromatic N) is 1. The summed E-state index contributed by atoms with van der Waals surface area (Å²) in [6.07, 6.45) is 1.56. The van der Waals surface area contributed by atoms with Crippen molar-refractivity contribution in [2.45, 2.75) is 57.7 Å². The third-order valence-electron chi connectivity index (χ3n) is 7.40. The monoisotopic (exact) mass is 536 g/mol. The maximum Gasteiger partial charge on any atom is 0.416 e. The van der Waals surface area contributed by atoms with Gasteiger partial charge >= 0.3 is 6.18 Å². The second kappa shape index (κ2) is 11.8. The molecule has 1 saturated carbocycles. The molecule has 2 fully saturated rings. The Morgan fingerprint density at radius 3 is 2.43 bits per heavy atom. The fourth-order valence-corrected chi connectivity index (χ4v) is 5.41. The van der Waals surface area contributed by atoms with Crippen LogP contribution in [0.2, 0.25) is 5.02 Å². The highest BCUT2D eigenvalue weighted by Gasteiger charge is 2.37. The molecule has 1 atom stereocenters. The number of benzene rings is 2. The highest BCUT2D eigenvalue weighted by atomic mass is 35.5. The van der Waals surface area contributed by atoms with E-state index in [4.69, 9.17) is 16.3 Å². The van der Waals surface area contributed by atoms with Gasteiger partial charge in [-0.1, -0.05) is 24.6 Å². The number of rotatable bonds is 8. The minimum Gasteiger partial charge on any atom is -0.492 e. The maximum atomic E-state index is 13.0. The van der Waals surface area contributed by atoms with Crippen LogP contribution in [0.15, 0.2) is 42.5 Å². The first-order valence-corrected chi connectivity index (χ1v) is 13.2. The van der Waals surface area contributed by atoms with Crippen molar-refractivity contribution in [3.8, 4) is 5.75 Å². The van der Waals surface area contributed by atoms with Crippen LogP contribution < -0.4 is 10.1 Å². The lowest BCUT2D eigenvalue weighted by Crippen LogP contribution is -2.40. The van der Waals surface area contributed by atoms with Crippen LogP contribution in [0.25, 0.3) is 0 Å². The topological polar surface area (TPSA) is 58.6 Å². The van der Waals surface area contributed by atoms with Crippen molar-refractivity contribution in [2.75, 3.05) is 19.7 Å². The molecule has 1 N–H and O–H groups in total. The number of carbonyl (C=O) groups excluding carboxylic acids is 2. The Morgan fingerprint density at radius 2 is 1.78 bits per heavy atom. The summed E-state index contributed by atoms with van der Waals surface area (Å²) in [4.78, 5) is 27.3. The molecule has 2 aromatic rings. The highest BCUT2D eigenvalue weighted by Crippen LogP contribution is 2.34. The summed E-state index contributed by atoms with van der Waals surface area (Å²) >= 11 is 6.49. The van der Waals surface area contributed by atoms with Crippen molar-refractivity contribution in [3.05, 3.63) is 64.2 Å². The van der Waals surface area contributed by atoms with Crippen molar-refractivity contribution in [1.29, 1.82) is 0 Å². The molecule has 2 amide bonds. The van der Waals surface area contributed by atoms with Gasteiger partial charge < -0.3 is 15.0 Å². The molecule has 0 aromatic heterocycles. The zero-order valence-electron chi connectivity index (χ0n) is 20.8. The molecule has 1 saturated heterocycles. The minimum absolute atomic E-state index is 0.0518. The van der Waals surface area contributed by atoms with E-state index in [1.165, 1.54) is 12.8 Å². The van der Waals surface area contributed by atoms with E-state index in [-0.39, 0.29) is 30.5 Å². The van der Waals surface area contributed by atoms with Gasteiger partial charge in [-0.3, -0.25) is 9.59 Å². The summed E-state index contributed by atoms with van der Waals surface area (Å²) in [6, 6.07) is 9.77. The first-order valence-electron chi connectivity index (χ1n) is 12.8. The number of nitrogens with one attached hydrogen (secondary N) is 1. The van der Waals surface area contributed by atoms with E-state index in [1.54, 1.807) is 12.1 Å². The zero-order valence-corrected chi connectivity index (χ0v) is 21.6.